The molecule has 0 N–H and O–H groups in total. The van der Waals surface area contributed by atoms with Gasteiger partial charge in [-0.25, -0.2) is 4.39 Å². The van der Waals surface area contributed by atoms with Crippen molar-refractivity contribution in [3.8, 4) is 5.75 Å². The molecule has 0 amide bonds. The second kappa shape index (κ2) is 3.53. The van der Waals surface area contributed by atoms with Crippen molar-refractivity contribution in [2.24, 2.45) is 0 Å². The minimum absolute atomic E-state index is 0.255. The first-order chi connectivity index (χ1) is 6.74. The number of nitrogens with zero attached hydrogens (tertiary/aromatic N) is 1. The van der Waals surface area contributed by atoms with Gasteiger partial charge in [0.1, 0.15) is 0 Å². The van der Waals surface area contributed by atoms with Crippen LogP contribution in [0.25, 0.3) is 10.8 Å². The highest BCUT2D eigenvalue weighted by atomic mass is 79.9. The number of fused-ring (bicyclic) bond motifs is 1. The summed E-state index contributed by atoms with van der Waals surface area (Å²) in [6.07, 6.45) is 3.28. The van der Waals surface area contributed by atoms with Gasteiger partial charge in [0.15, 0.2) is 11.6 Å². The number of methoxy groups -OCH3 is 1. The lowest BCUT2D eigenvalue weighted by molar-refractivity contribution is 0.391. The molecule has 0 bridgehead atoms. The fourth-order valence-corrected chi connectivity index (χ4v) is 1.89. The molecule has 0 saturated carbocycles. The van der Waals surface area contributed by atoms with Crippen LogP contribution in [0.2, 0.25) is 0 Å². The van der Waals surface area contributed by atoms with E-state index >= 15 is 0 Å². The quantitative estimate of drug-likeness (QED) is 0.781. The maximum atomic E-state index is 13.4. The lowest BCUT2D eigenvalue weighted by Gasteiger charge is -2.07. The SMILES string of the molecule is COc1c(F)cc(Br)c2cnccc12. The second-order valence-corrected chi connectivity index (χ2v) is 3.65. The van der Waals surface area contributed by atoms with Gasteiger partial charge in [0.05, 0.1) is 7.11 Å². The molecule has 0 aliphatic heterocycles. The Bertz CT molecular complexity index is 487. The largest absolute Gasteiger partial charge is 0.493 e. The van der Waals surface area contributed by atoms with Gasteiger partial charge in [-0.2, -0.15) is 0 Å². The Morgan fingerprint density at radius 1 is 1.43 bits per heavy atom. The first-order valence-electron chi connectivity index (χ1n) is 3.99. The normalized spacial score (nSPS) is 10.5. The predicted molar refractivity (Wildman–Crippen MR) is 56.0 cm³/mol. The van der Waals surface area contributed by atoms with Gasteiger partial charge in [-0.1, -0.05) is 0 Å². The van der Waals surface area contributed by atoms with Crippen molar-refractivity contribution in [3.05, 3.63) is 34.8 Å². The standard InChI is InChI=1S/C10H7BrFNO/c1-14-10-6-2-3-13-5-7(6)8(11)4-9(10)12/h2-5H,1H3. The molecule has 1 aromatic carbocycles. The fraction of sp³-hybridized carbons (Fsp3) is 0.100. The number of hydrogen-bond donors (Lipinski definition) is 0. The van der Waals surface area contributed by atoms with E-state index in [1.165, 1.54) is 13.2 Å². The molecule has 0 aliphatic carbocycles. The molecule has 0 unspecified atom stereocenters. The third-order valence-corrected chi connectivity index (χ3v) is 2.65. The zero-order valence-electron chi connectivity index (χ0n) is 7.42. The fourth-order valence-electron chi connectivity index (χ4n) is 1.37. The van der Waals surface area contributed by atoms with Crippen molar-refractivity contribution >= 4 is 26.7 Å². The second-order valence-electron chi connectivity index (χ2n) is 2.79. The van der Waals surface area contributed by atoms with Crippen molar-refractivity contribution in [1.82, 2.24) is 4.98 Å². The third-order valence-electron chi connectivity index (χ3n) is 2.00. The van der Waals surface area contributed by atoms with Gasteiger partial charge in [0.25, 0.3) is 0 Å². The molecule has 0 fully saturated rings. The van der Waals surface area contributed by atoms with Crippen LogP contribution in [0.1, 0.15) is 0 Å². The van der Waals surface area contributed by atoms with Crippen molar-refractivity contribution in [3.63, 3.8) is 0 Å². The Kier molecular flexibility index (Phi) is 2.37. The number of halogens is 2. The van der Waals surface area contributed by atoms with Gasteiger partial charge in [0, 0.05) is 27.6 Å². The van der Waals surface area contributed by atoms with Crippen molar-refractivity contribution in [1.29, 1.82) is 0 Å². The number of benzene rings is 1. The molecule has 4 heteroatoms. The van der Waals surface area contributed by atoms with E-state index in [1.54, 1.807) is 18.5 Å². The first-order valence-corrected chi connectivity index (χ1v) is 4.79. The van der Waals surface area contributed by atoms with Gasteiger partial charge in [-0.05, 0) is 28.1 Å². The highest BCUT2D eigenvalue weighted by Crippen LogP contribution is 2.33. The van der Waals surface area contributed by atoms with Crippen LogP contribution < -0.4 is 4.74 Å². The smallest absolute Gasteiger partial charge is 0.166 e. The number of ether oxygens (including phenoxy) is 1. The van der Waals surface area contributed by atoms with Crippen LogP contribution in [-0.4, -0.2) is 12.1 Å². The summed E-state index contributed by atoms with van der Waals surface area (Å²) in [6, 6.07) is 3.10. The van der Waals surface area contributed by atoms with E-state index in [2.05, 4.69) is 20.9 Å². The molecule has 1 heterocycles. The summed E-state index contributed by atoms with van der Waals surface area (Å²) >= 11 is 3.28. The zero-order valence-corrected chi connectivity index (χ0v) is 9.01. The minimum atomic E-state index is -0.377. The molecule has 1 aromatic heterocycles. The predicted octanol–water partition coefficient (Wildman–Crippen LogP) is 3.15. The molecule has 0 atom stereocenters. The Labute approximate surface area is 88.8 Å². The topological polar surface area (TPSA) is 22.1 Å². The highest BCUT2D eigenvalue weighted by Gasteiger charge is 2.10. The number of aromatic nitrogens is 1. The molecule has 2 aromatic rings. The minimum Gasteiger partial charge on any atom is -0.493 e. The maximum absolute atomic E-state index is 13.4. The van der Waals surface area contributed by atoms with Crippen molar-refractivity contribution < 1.29 is 9.13 Å². The van der Waals surface area contributed by atoms with Crippen LogP contribution in [0.3, 0.4) is 0 Å². The van der Waals surface area contributed by atoms with E-state index < -0.39 is 0 Å². The van der Waals surface area contributed by atoms with E-state index in [9.17, 15) is 4.39 Å². The monoisotopic (exact) mass is 255 g/mol. The lowest BCUT2D eigenvalue weighted by atomic mass is 10.1. The van der Waals surface area contributed by atoms with E-state index in [1.807, 2.05) is 0 Å². The van der Waals surface area contributed by atoms with E-state index in [0.717, 1.165) is 10.8 Å². The number of hydrogen-bond acceptors (Lipinski definition) is 2. The Morgan fingerprint density at radius 3 is 2.93 bits per heavy atom. The van der Waals surface area contributed by atoms with Crippen LogP contribution in [0.15, 0.2) is 29.0 Å². The van der Waals surface area contributed by atoms with Crippen LogP contribution in [0, 0.1) is 5.82 Å². The number of pyridine rings is 1. The lowest BCUT2D eigenvalue weighted by Crippen LogP contribution is -1.90. The Hall–Kier alpha value is -1.16. The molecule has 2 nitrogen and oxygen atoms in total. The first kappa shape index (κ1) is 9.40. The third kappa shape index (κ3) is 1.35. The molecule has 72 valence electrons. The molecule has 0 saturated heterocycles. The summed E-state index contributed by atoms with van der Waals surface area (Å²) in [6.45, 7) is 0. The van der Waals surface area contributed by atoms with Gasteiger partial charge in [0.2, 0.25) is 0 Å². The zero-order chi connectivity index (χ0) is 10.1. The molecule has 0 spiro atoms. The highest BCUT2D eigenvalue weighted by molar-refractivity contribution is 9.10. The van der Waals surface area contributed by atoms with E-state index in [-0.39, 0.29) is 11.6 Å². The van der Waals surface area contributed by atoms with Crippen LogP contribution in [0.5, 0.6) is 5.75 Å². The van der Waals surface area contributed by atoms with Gasteiger partial charge < -0.3 is 4.74 Å². The molecule has 0 radical (unpaired) electrons. The van der Waals surface area contributed by atoms with Crippen LogP contribution in [0.4, 0.5) is 4.39 Å². The van der Waals surface area contributed by atoms with E-state index in [0.29, 0.717) is 4.47 Å². The van der Waals surface area contributed by atoms with Crippen LogP contribution >= 0.6 is 15.9 Å². The molecular weight excluding hydrogens is 249 g/mol. The summed E-state index contributed by atoms with van der Waals surface area (Å²) in [5.74, 6) is -0.122. The van der Waals surface area contributed by atoms with Gasteiger partial charge >= 0.3 is 0 Å². The van der Waals surface area contributed by atoms with E-state index in [4.69, 9.17) is 4.74 Å². The Morgan fingerprint density at radius 2 is 2.21 bits per heavy atom. The molecular formula is C10H7BrFNO. The average Bonchev–Trinajstić information content (AvgIpc) is 2.18. The summed E-state index contributed by atoms with van der Waals surface area (Å²) in [5.41, 5.74) is 0. The Balaban J connectivity index is 2.90. The summed E-state index contributed by atoms with van der Waals surface area (Å²) in [4.78, 5) is 3.97. The molecule has 14 heavy (non-hydrogen) atoms. The van der Waals surface area contributed by atoms with Gasteiger partial charge in [-0.15, -0.1) is 0 Å². The van der Waals surface area contributed by atoms with Gasteiger partial charge in [-0.3, -0.25) is 4.98 Å². The van der Waals surface area contributed by atoms with Crippen molar-refractivity contribution in [2.45, 2.75) is 0 Å². The molecule has 0 aliphatic rings. The van der Waals surface area contributed by atoms with Crippen molar-refractivity contribution in [2.75, 3.05) is 7.11 Å². The maximum Gasteiger partial charge on any atom is 0.166 e. The molecule has 2 rings (SSSR count). The number of rotatable bonds is 1. The summed E-state index contributed by atoms with van der Waals surface area (Å²) in [7, 11) is 1.45. The summed E-state index contributed by atoms with van der Waals surface area (Å²) in [5, 5.41) is 1.56. The summed E-state index contributed by atoms with van der Waals surface area (Å²) < 4.78 is 19.1. The average molecular weight is 256 g/mol. The van der Waals surface area contributed by atoms with Crippen LogP contribution in [-0.2, 0) is 0 Å².